The van der Waals surface area contributed by atoms with Gasteiger partial charge in [-0.15, -0.1) is 0 Å². The lowest BCUT2D eigenvalue weighted by atomic mass is 10.2. The van der Waals surface area contributed by atoms with E-state index in [0.717, 1.165) is 25.7 Å². The highest BCUT2D eigenvalue weighted by atomic mass is 16.2. The second-order valence-electron chi connectivity index (χ2n) is 5.74. The number of nitrogens with zero attached hydrogens (tertiary/aromatic N) is 3. The van der Waals surface area contributed by atoms with Crippen LogP contribution in [0.4, 0.5) is 5.95 Å². The molecule has 22 heavy (non-hydrogen) atoms. The number of rotatable bonds is 7. The van der Waals surface area contributed by atoms with Crippen molar-refractivity contribution in [3.63, 3.8) is 0 Å². The molecule has 0 amide bonds. The van der Waals surface area contributed by atoms with Crippen LogP contribution < -0.4 is 16.6 Å². The number of aromatic amines is 1. The van der Waals surface area contributed by atoms with Gasteiger partial charge in [-0.05, 0) is 19.8 Å². The summed E-state index contributed by atoms with van der Waals surface area (Å²) in [5.74, 6) is 0.659. The first-order chi connectivity index (χ1) is 10.5. The summed E-state index contributed by atoms with van der Waals surface area (Å²) in [5, 5.41) is 3.33. The van der Waals surface area contributed by atoms with Crippen LogP contribution in [0.2, 0.25) is 0 Å². The van der Waals surface area contributed by atoms with Gasteiger partial charge < -0.3 is 9.88 Å². The van der Waals surface area contributed by atoms with Gasteiger partial charge in [-0.2, -0.15) is 4.98 Å². The fourth-order valence-corrected chi connectivity index (χ4v) is 2.40. The summed E-state index contributed by atoms with van der Waals surface area (Å²) in [6, 6.07) is 0.248. The highest BCUT2D eigenvalue weighted by Crippen LogP contribution is 2.18. The molecule has 2 heterocycles. The number of aryl methyl sites for hydroxylation is 2. The summed E-state index contributed by atoms with van der Waals surface area (Å²) >= 11 is 0. The predicted octanol–water partition coefficient (Wildman–Crippen LogP) is 1.82. The zero-order valence-corrected chi connectivity index (χ0v) is 13.8. The molecule has 0 fully saturated rings. The summed E-state index contributed by atoms with van der Waals surface area (Å²) in [4.78, 5) is 30.8. The minimum atomic E-state index is -0.439. The first-order valence-electron chi connectivity index (χ1n) is 7.95. The Labute approximate surface area is 129 Å². The van der Waals surface area contributed by atoms with Crippen LogP contribution in [0.25, 0.3) is 11.2 Å². The Morgan fingerprint density at radius 1 is 1.27 bits per heavy atom. The van der Waals surface area contributed by atoms with Crippen molar-refractivity contribution >= 4 is 17.1 Å². The second-order valence-corrected chi connectivity index (χ2v) is 5.74. The molecule has 1 atom stereocenters. The number of anilines is 1. The summed E-state index contributed by atoms with van der Waals surface area (Å²) in [7, 11) is 1.62. The van der Waals surface area contributed by atoms with Crippen molar-refractivity contribution in [3.8, 4) is 0 Å². The van der Waals surface area contributed by atoms with E-state index in [2.05, 4.69) is 36.1 Å². The maximum absolute atomic E-state index is 12.2. The Morgan fingerprint density at radius 2 is 2.00 bits per heavy atom. The zero-order valence-electron chi connectivity index (χ0n) is 13.8. The minimum Gasteiger partial charge on any atom is -0.353 e. The number of H-pyrrole nitrogens is 1. The predicted molar refractivity (Wildman–Crippen MR) is 88.5 cm³/mol. The number of unbranched alkanes of at least 4 members (excludes halogenated alkanes) is 2. The molecular weight excluding hydrogens is 282 g/mol. The maximum Gasteiger partial charge on any atom is 0.329 e. The third-order valence-corrected chi connectivity index (χ3v) is 3.98. The molecule has 0 aliphatic heterocycles. The van der Waals surface area contributed by atoms with Gasteiger partial charge in [0.15, 0.2) is 11.2 Å². The van der Waals surface area contributed by atoms with Gasteiger partial charge in [0.25, 0.3) is 5.56 Å². The molecule has 0 bridgehead atoms. The van der Waals surface area contributed by atoms with Gasteiger partial charge in [-0.1, -0.05) is 26.7 Å². The third-order valence-electron chi connectivity index (χ3n) is 3.98. The molecule has 0 saturated carbocycles. The van der Waals surface area contributed by atoms with Gasteiger partial charge in [0, 0.05) is 19.6 Å². The molecular formula is C15H25N5O2. The lowest BCUT2D eigenvalue weighted by molar-refractivity contribution is 0.609. The lowest BCUT2D eigenvalue weighted by Gasteiger charge is -2.14. The minimum absolute atomic E-state index is 0.248. The van der Waals surface area contributed by atoms with E-state index in [4.69, 9.17) is 0 Å². The van der Waals surface area contributed by atoms with E-state index in [9.17, 15) is 9.59 Å². The first-order valence-corrected chi connectivity index (χ1v) is 7.95. The Bertz CT molecular complexity index is 756. The van der Waals surface area contributed by atoms with Crippen molar-refractivity contribution in [3.05, 3.63) is 20.8 Å². The summed E-state index contributed by atoms with van der Waals surface area (Å²) in [5.41, 5.74) is 0.0742. The van der Waals surface area contributed by atoms with Crippen molar-refractivity contribution in [1.82, 2.24) is 19.1 Å². The van der Waals surface area contributed by atoms with Crippen LogP contribution in [0.3, 0.4) is 0 Å². The van der Waals surface area contributed by atoms with E-state index in [1.165, 1.54) is 4.57 Å². The van der Waals surface area contributed by atoms with Crippen LogP contribution in [0.15, 0.2) is 9.59 Å². The summed E-state index contributed by atoms with van der Waals surface area (Å²) < 4.78 is 3.28. The molecule has 0 radical (unpaired) electrons. The van der Waals surface area contributed by atoms with E-state index in [1.807, 2.05) is 4.57 Å². The molecule has 0 spiro atoms. The molecule has 0 unspecified atom stereocenters. The van der Waals surface area contributed by atoms with E-state index >= 15 is 0 Å². The molecule has 0 aliphatic rings. The van der Waals surface area contributed by atoms with Gasteiger partial charge >= 0.3 is 5.69 Å². The van der Waals surface area contributed by atoms with Crippen molar-refractivity contribution in [2.24, 2.45) is 7.05 Å². The SMILES string of the molecule is CCCCCn1c(N[C@@H](C)CC)nc2c1c(=O)[nH]c(=O)n2C. The van der Waals surface area contributed by atoms with Crippen molar-refractivity contribution < 1.29 is 0 Å². The van der Waals surface area contributed by atoms with Crippen LogP contribution in [0.1, 0.15) is 46.5 Å². The van der Waals surface area contributed by atoms with E-state index in [-0.39, 0.29) is 11.6 Å². The van der Waals surface area contributed by atoms with E-state index in [1.54, 1.807) is 7.05 Å². The first kappa shape index (κ1) is 16.3. The molecule has 0 saturated heterocycles. The van der Waals surface area contributed by atoms with Crippen LogP contribution >= 0.6 is 0 Å². The third kappa shape index (κ3) is 3.08. The van der Waals surface area contributed by atoms with Gasteiger partial charge in [-0.25, -0.2) is 4.79 Å². The highest BCUT2D eigenvalue weighted by molar-refractivity contribution is 5.74. The van der Waals surface area contributed by atoms with Gasteiger partial charge in [0.1, 0.15) is 0 Å². The normalized spacial score (nSPS) is 12.7. The average molecular weight is 307 g/mol. The Balaban J connectivity index is 2.58. The quantitative estimate of drug-likeness (QED) is 0.764. The Kier molecular flexibility index (Phi) is 5.05. The van der Waals surface area contributed by atoms with Gasteiger partial charge in [0.05, 0.1) is 0 Å². The van der Waals surface area contributed by atoms with Crippen LogP contribution in [0.5, 0.6) is 0 Å². The molecule has 2 aromatic heterocycles. The fourth-order valence-electron chi connectivity index (χ4n) is 2.40. The number of fused-ring (bicyclic) bond motifs is 1. The molecule has 2 aromatic rings. The number of hydrogen-bond donors (Lipinski definition) is 2. The number of imidazole rings is 1. The van der Waals surface area contributed by atoms with Crippen LogP contribution in [-0.2, 0) is 13.6 Å². The largest absolute Gasteiger partial charge is 0.353 e. The number of hydrogen-bond acceptors (Lipinski definition) is 4. The molecule has 7 heteroatoms. The van der Waals surface area contributed by atoms with Gasteiger partial charge in [-0.3, -0.25) is 14.3 Å². The van der Waals surface area contributed by atoms with Gasteiger partial charge in [0.2, 0.25) is 5.95 Å². The molecule has 0 aliphatic carbocycles. The van der Waals surface area contributed by atoms with E-state index in [0.29, 0.717) is 23.7 Å². The molecule has 7 nitrogen and oxygen atoms in total. The summed E-state index contributed by atoms with van der Waals surface area (Å²) in [6.45, 7) is 7.01. The van der Waals surface area contributed by atoms with Crippen LogP contribution in [-0.4, -0.2) is 25.1 Å². The number of aromatic nitrogens is 4. The Hall–Kier alpha value is -2.05. The lowest BCUT2D eigenvalue weighted by Crippen LogP contribution is -2.29. The zero-order chi connectivity index (χ0) is 16.3. The Morgan fingerprint density at radius 3 is 2.64 bits per heavy atom. The van der Waals surface area contributed by atoms with Crippen LogP contribution in [0, 0.1) is 0 Å². The number of nitrogens with one attached hydrogen (secondary N) is 2. The smallest absolute Gasteiger partial charge is 0.329 e. The standard InChI is InChI=1S/C15H25N5O2/c1-5-7-8-9-20-11-12(17-14(20)16-10(3)6-2)19(4)15(22)18-13(11)21/h10H,5-9H2,1-4H3,(H,16,17)(H,18,21,22)/t10-/m0/s1. The maximum atomic E-state index is 12.2. The van der Waals surface area contributed by atoms with Crippen molar-refractivity contribution in [2.45, 2.75) is 59.0 Å². The topological polar surface area (TPSA) is 84.7 Å². The summed E-state index contributed by atoms with van der Waals surface area (Å²) in [6.07, 6.45) is 4.12. The van der Waals surface area contributed by atoms with E-state index < -0.39 is 5.69 Å². The second kappa shape index (κ2) is 6.81. The monoisotopic (exact) mass is 307 g/mol. The van der Waals surface area contributed by atoms with Crippen molar-refractivity contribution in [2.75, 3.05) is 5.32 Å². The molecule has 0 aromatic carbocycles. The molecule has 122 valence electrons. The van der Waals surface area contributed by atoms with Crippen molar-refractivity contribution in [1.29, 1.82) is 0 Å². The molecule has 2 N–H and O–H groups in total. The highest BCUT2D eigenvalue weighted by Gasteiger charge is 2.17. The average Bonchev–Trinajstić information content (AvgIpc) is 2.84. The molecule has 2 rings (SSSR count). The fraction of sp³-hybridized carbons (Fsp3) is 0.667.